The third-order valence-electron chi connectivity index (χ3n) is 4.85. The maximum Gasteiger partial charge on any atom is 0.263 e. The largest absolute Gasteiger partial charge is 0.481 e. The summed E-state index contributed by atoms with van der Waals surface area (Å²) in [5, 5.41) is 3.34. The van der Waals surface area contributed by atoms with E-state index in [1.807, 2.05) is 48.2 Å². The lowest BCUT2D eigenvalue weighted by Crippen LogP contribution is -2.53. The molecule has 3 rings (SSSR count). The minimum absolute atomic E-state index is 0.0355. The number of carbonyl (C=O) groups excluding carboxylic acids is 2. The van der Waals surface area contributed by atoms with Gasteiger partial charge in [-0.15, -0.1) is 0 Å². The van der Waals surface area contributed by atoms with Crippen LogP contribution in [-0.4, -0.2) is 60.4 Å². The van der Waals surface area contributed by atoms with Crippen molar-refractivity contribution in [2.24, 2.45) is 0 Å². The Morgan fingerprint density at radius 3 is 2.52 bits per heavy atom. The standard InChI is InChI=1S/C22H26ClN3O3/c1-16-6-5-7-18(14-16)29-17(2)22(28)26-12-10-25(11-13-26)15-21(27)24-20-9-4-3-8-19(20)23/h3-9,14,17H,10-13,15H2,1-2H3,(H,24,27)/t17-/m0/s1. The number of rotatable bonds is 6. The highest BCUT2D eigenvalue weighted by Crippen LogP contribution is 2.20. The van der Waals surface area contributed by atoms with Crippen molar-refractivity contribution in [2.45, 2.75) is 20.0 Å². The first kappa shape index (κ1) is 21.1. The van der Waals surface area contributed by atoms with E-state index < -0.39 is 6.10 Å². The summed E-state index contributed by atoms with van der Waals surface area (Å²) in [6, 6.07) is 14.8. The summed E-state index contributed by atoms with van der Waals surface area (Å²) >= 11 is 6.08. The second-order valence-electron chi connectivity index (χ2n) is 7.21. The number of halogens is 1. The molecule has 2 aromatic rings. The summed E-state index contributed by atoms with van der Waals surface area (Å²) in [4.78, 5) is 28.8. The number of aryl methyl sites for hydroxylation is 1. The molecular formula is C22H26ClN3O3. The van der Waals surface area contributed by atoms with Gasteiger partial charge in [-0.1, -0.05) is 35.9 Å². The Hall–Kier alpha value is -2.57. The van der Waals surface area contributed by atoms with Gasteiger partial charge in [-0.05, 0) is 43.7 Å². The molecule has 1 N–H and O–H groups in total. The van der Waals surface area contributed by atoms with Crippen LogP contribution in [0.4, 0.5) is 5.69 Å². The lowest BCUT2D eigenvalue weighted by molar-refractivity contribution is -0.139. The lowest BCUT2D eigenvalue weighted by atomic mass is 10.2. The van der Waals surface area contributed by atoms with E-state index >= 15 is 0 Å². The molecule has 0 radical (unpaired) electrons. The molecule has 0 aliphatic carbocycles. The fourth-order valence-corrected chi connectivity index (χ4v) is 3.47. The van der Waals surface area contributed by atoms with Crippen LogP contribution in [0.1, 0.15) is 12.5 Å². The van der Waals surface area contributed by atoms with Crippen LogP contribution in [0.3, 0.4) is 0 Å². The van der Waals surface area contributed by atoms with E-state index in [0.717, 1.165) is 5.56 Å². The molecular weight excluding hydrogens is 390 g/mol. The molecule has 6 nitrogen and oxygen atoms in total. The monoisotopic (exact) mass is 415 g/mol. The van der Waals surface area contributed by atoms with Crippen molar-refractivity contribution in [3.05, 3.63) is 59.1 Å². The molecule has 1 heterocycles. The van der Waals surface area contributed by atoms with Crippen molar-refractivity contribution in [1.82, 2.24) is 9.80 Å². The summed E-state index contributed by atoms with van der Waals surface area (Å²) in [7, 11) is 0. The third kappa shape index (κ3) is 5.95. The molecule has 0 bridgehead atoms. The van der Waals surface area contributed by atoms with Crippen LogP contribution < -0.4 is 10.1 Å². The molecule has 0 unspecified atom stereocenters. The second-order valence-corrected chi connectivity index (χ2v) is 7.61. The molecule has 7 heteroatoms. The van der Waals surface area contributed by atoms with Crippen LogP contribution in [0.2, 0.25) is 5.02 Å². The highest BCUT2D eigenvalue weighted by Gasteiger charge is 2.26. The van der Waals surface area contributed by atoms with Crippen molar-refractivity contribution in [1.29, 1.82) is 0 Å². The maximum absolute atomic E-state index is 12.7. The predicted molar refractivity (Wildman–Crippen MR) is 114 cm³/mol. The van der Waals surface area contributed by atoms with Crippen molar-refractivity contribution >= 4 is 29.1 Å². The number of benzene rings is 2. The summed E-state index contributed by atoms with van der Waals surface area (Å²) < 4.78 is 5.80. The van der Waals surface area contributed by atoms with Gasteiger partial charge in [-0.3, -0.25) is 14.5 Å². The fraction of sp³-hybridized carbons (Fsp3) is 0.364. The zero-order valence-corrected chi connectivity index (χ0v) is 17.5. The van der Waals surface area contributed by atoms with E-state index in [1.54, 1.807) is 24.0 Å². The van der Waals surface area contributed by atoms with E-state index in [-0.39, 0.29) is 18.4 Å². The highest BCUT2D eigenvalue weighted by atomic mass is 35.5. The Morgan fingerprint density at radius 2 is 1.83 bits per heavy atom. The molecule has 0 saturated carbocycles. The Labute approximate surface area is 176 Å². The van der Waals surface area contributed by atoms with E-state index in [9.17, 15) is 9.59 Å². The molecule has 29 heavy (non-hydrogen) atoms. The Balaban J connectivity index is 1.45. The van der Waals surface area contributed by atoms with Crippen LogP contribution in [0.15, 0.2) is 48.5 Å². The second kappa shape index (κ2) is 9.76. The number of ether oxygens (including phenoxy) is 1. The van der Waals surface area contributed by atoms with Gasteiger partial charge in [-0.2, -0.15) is 0 Å². The maximum atomic E-state index is 12.7. The fourth-order valence-electron chi connectivity index (χ4n) is 3.28. The van der Waals surface area contributed by atoms with Crippen molar-refractivity contribution in [2.75, 3.05) is 38.0 Å². The van der Waals surface area contributed by atoms with E-state index in [2.05, 4.69) is 5.32 Å². The zero-order valence-electron chi connectivity index (χ0n) is 16.7. The summed E-state index contributed by atoms with van der Waals surface area (Å²) in [5.74, 6) is 0.543. The van der Waals surface area contributed by atoms with Crippen LogP contribution in [0, 0.1) is 6.92 Å². The first-order chi connectivity index (χ1) is 13.9. The molecule has 1 saturated heterocycles. The van der Waals surface area contributed by atoms with E-state index in [1.165, 1.54) is 0 Å². The molecule has 0 spiro atoms. The van der Waals surface area contributed by atoms with Crippen LogP contribution in [-0.2, 0) is 9.59 Å². The van der Waals surface area contributed by atoms with Gasteiger partial charge in [0.15, 0.2) is 6.10 Å². The van der Waals surface area contributed by atoms with Crippen LogP contribution >= 0.6 is 11.6 Å². The topological polar surface area (TPSA) is 61.9 Å². The van der Waals surface area contributed by atoms with Gasteiger partial charge >= 0.3 is 0 Å². The molecule has 2 amide bonds. The highest BCUT2D eigenvalue weighted by molar-refractivity contribution is 6.33. The lowest BCUT2D eigenvalue weighted by Gasteiger charge is -2.35. The number of piperazine rings is 1. The molecule has 1 atom stereocenters. The smallest absolute Gasteiger partial charge is 0.263 e. The average Bonchev–Trinajstić information content (AvgIpc) is 2.70. The number of carbonyl (C=O) groups is 2. The number of hydrogen-bond donors (Lipinski definition) is 1. The van der Waals surface area contributed by atoms with Gasteiger partial charge in [0.2, 0.25) is 5.91 Å². The van der Waals surface area contributed by atoms with Gasteiger partial charge in [0.05, 0.1) is 17.3 Å². The Bertz CT molecular complexity index is 866. The number of para-hydroxylation sites is 1. The molecule has 2 aromatic carbocycles. The van der Waals surface area contributed by atoms with Crippen LogP contribution in [0.5, 0.6) is 5.75 Å². The molecule has 154 valence electrons. The number of amides is 2. The van der Waals surface area contributed by atoms with Crippen molar-refractivity contribution < 1.29 is 14.3 Å². The molecule has 1 aliphatic heterocycles. The zero-order chi connectivity index (χ0) is 20.8. The van der Waals surface area contributed by atoms with Gasteiger partial charge in [0.25, 0.3) is 5.91 Å². The van der Waals surface area contributed by atoms with Gasteiger partial charge in [0.1, 0.15) is 5.75 Å². The van der Waals surface area contributed by atoms with Gasteiger partial charge in [0, 0.05) is 26.2 Å². The number of hydrogen-bond acceptors (Lipinski definition) is 4. The van der Waals surface area contributed by atoms with Crippen molar-refractivity contribution in [3.63, 3.8) is 0 Å². The molecule has 1 fully saturated rings. The SMILES string of the molecule is Cc1cccc(O[C@@H](C)C(=O)N2CCN(CC(=O)Nc3ccccc3Cl)CC2)c1. The number of anilines is 1. The first-order valence-electron chi connectivity index (χ1n) is 9.71. The summed E-state index contributed by atoms with van der Waals surface area (Å²) in [6.45, 7) is 6.44. The van der Waals surface area contributed by atoms with Crippen molar-refractivity contribution in [3.8, 4) is 5.75 Å². The van der Waals surface area contributed by atoms with Gasteiger partial charge in [-0.25, -0.2) is 0 Å². The van der Waals surface area contributed by atoms with E-state index in [4.69, 9.17) is 16.3 Å². The Kier molecular flexibility index (Phi) is 7.12. The average molecular weight is 416 g/mol. The summed E-state index contributed by atoms with van der Waals surface area (Å²) in [6.07, 6.45) is -0.549. The van der Waals surface area contributed by atoms with E-state index in [0.29, 0.717) is 42.6 Å². The summed E-state index contributed by atoms with van der Waals surface area (Å²) in [5.41, 5.74) is 1.70. The molecule has 0 aromatic heterocycles. The Morgan fingerprint density at radius 1 is 1.10 bits per heavy atom. The minimum Gasteiger partial charge on any atom is -0.481 e. The normalized spacial score (nSPS) is 15.6. The first-order valence-corrected chi connectivity index (χ1v) is 10.1. The van der Waals surface area contributed by atoms with Crippen LogP contribution in [0.25, 0.3) is 0 Å². The minimum atomic E-state index is -0.549. The number of nitrogens with one attached hydrogen (secondary N) is 1. The third-order valence-corrected chi connectivity index (χ3v) is 5.18. The number of nitrogens with zero attached hydrogens (tertiary/aromatic N) is 2. The van der Waals surface area contributed by atoms with Gasteiger partial charge < -0.3 is 15.0 Å². The molecule has 1 aliphatic rings. The predicted octanol–water partition coefficient (Wildman–Crippen LogP) is 3.20. The quantitative estimate of drug-likeness (QED) is 0.787.